The average molecular weight is 174 g/mol. The van der Waals surface area contributed by atoms with Crippen molar-refractivity contribution in [1.29, 1.82) is 0 Å². The Kier molecular flexibility index (Phi) is 1.77. The molecule has 0 unspecified atom stereocenters. The molecule has 0 saturated heterocycles. The summed E-state index contributed by atoms with van der Waals surface area (Å²) in [6.07, 6.45) is 1.37. The molecule has 0 aliphatic heterocycles. The molecule has 1 amide bonds. The van der Waals surface area contributed by atoms with Gasteiger partial charge < -0.3 is 0 Å². The summed E-state index contributed by atoms with van der Waals surface area (Å²) in [4.78, 5) is 10.3. The highest BCUT2D eigenvalue weighted by Crippen LogP contribution is 2.24. The maximum Gasteiger partial charge on any atom is 0.454 e. The third kappa shape index (κ3) is 1.40. The first-order valence-electron chi connectivity index (χ1n) is 4.04. The van der Waals surface area contributed by atoms with Crippen molar-refractivity contribution < 1.29 is 9.90 Å². The van der Waals surface area contributed by atoms with E-state index in [9.17, 15) is 9.90 Å². The van der Waals surface area contributed by atoms with Crippen LogP contribution < -0.4 is 5.32 Å². The standard InChI is InChI=1S/C10H8NO2/c12-10(13)11-9-6-5-7-3-1-2-4-8(7)9/h1-4,6,11H,5H2. The van der Waals surface area contributed by atoms with Crippen molar-refractivity contribution in [2.75, 3.05) is 0 Å². The van der Waals surface area contributed by atoms with Gasteiger partial charge >= 0.3 is 6.09 Å². The van der Waals surface area contributed by atoms with E-state index >= 15 is 0 Å². The molecule has 0 heterocycles. The molecule has 1 N–H and O–H groups in total. The van der Waals surface area contributed by atoms with Crippen LogP contribution in [0.1, 0.15) is 11.1 Å². The maximum atomic E-state index is 10.3. The summed E-state index contributed by atoms with van der Waals surface area (Å²) in [5.41, 5.74) is 2.73. The number of carbonyl (C=O) groups is 1. The largest absolute Gasteiger partial charge is 0.454 e. The van der Waals surface area contributed by atoms with Crippen LogP contribution in [0.2, 0.25) is 0 Å². The van der Waals surface area contributed by atoms with E-state index in [1.807, 2.05) is 30.3 Å². The monoisotopic (exact) mass is 174 g/mol. The molecule has 1 aliphatic rings. The lowest BCUT2D eigenvalue weighted by Crippen LogP contribution is -2.16. The summed E-state index contributed by atoms with van der Waals surface area (Å²) < 4.78 is 0. The van der Waals surface area contributed by atoms with Gasteiger partial charge in [0.1, 0.15) is 0 Å². The Balaban J connectivity index is 2.31. The van der Waals surface area contributed by atoms with Crippen molar-refractivity contribution in [2.24, 2.45) is 0 Å². The summed E-state index contributed by atoms with van der Waals surface area (Å²) in [5, 5.41) is 12.6. The fourth-order valence-corrected chi connectivity index (χ4v) is 1.51. The van der Waals surface area contributed by atoms with Gasteiger partial charge in [0.15, 0.2) is 0 Å². The lowest BCUT2D eigenvalue weighted by molar-refractivity contribution is 0.174. The predicted molar refractivity (Wildman–Crippen MR) is 47.3 cm³/mol. The maximum absolute atomic E-state index is 10.3. The van der Waals surface area contributed by atoms with Crippen LogP contribution in [0.3, 0.4) is 0 Å². The Hall–Kier alpha value is -1.77. The van der Waals surface area contributed by atoms with Gasteiger partial charge in [-0.05, 0) is 12.0 Å². The first kappa shape index (κ1) is 7.86. The fraction of sp³-hybridized carbons (Fsp3) is 0.100. The Bertz CT molecular complexity index is 382. The molecule has 0 bridgehead atoms. The zero-order valence-electron chi connectivity index (χ0n) is 6.91. The summed E-state index contributed by atoms with van der Waals surface area (Å²) >= 11 is 0. The van der Waals surface area contributed by atoms with Crippen LogP contribution in [0, 0.1) is 0 Å². The summed E-state index contributed by atoms with van der Waals surface area (Å²) in [6, 6.07) is 7.70. The topological polar surface area (TPSA) is 49.0 Å². The molecule has 3 heteroatoms. The van der Waals surface area contributed by atoms with Crippen LogP contribution in [0.15, 0.2) is 30.3 Å². The second-order valence-electron chi connectivity index (χ2n) is 2.89. The molecule has 0 fully saturated rings. The third-order valence-electron chi connectivity index (χ3n) is 2.07. The number of hydrogen-bond donors (Lipinski definition) is 1. The highest BCUT2D eigenvalue weighted by Gasteiger charge is 2.14. The van der Waals surface area contributed by atoms with Crippen molar-refractivity contribution in [3.05, 3.63) is 41.5 Å². The number of amides is 1. The molecule has 13 heavy (non-hydrogen) atoms. The molecule has 65 valence electrons. The van der Waals surface area contributed by atoms with Gasteiger partial charge in [-0.25, -0.2) is 9.90 Å². The molecule has 0 atom stereocenters. The van der Waals surface area contributed by atoms with E-state index in [2.05, 4.69) is 5.32 Å². The molecule has 1 aromatic rings. The van der Waals surface area contributed by atoms with Gasteiger partial charge in [-0.15, -0.1) is 0 Å². The van der Waals surface area contributed by atoms with Gasteiger partial charge in [-0.1, -0.05) is 30.3 Å². The second kappa shape index (κ2) is 2.94. The number of rotatable bonds is 1. The van der Waals surface area contributed by atoms with E-state index in [0.29, 0.717) is 5.70 Å². The van der Waals surface area contributed by atoms with E-state index in [1.54, 1.807) is 0 Å². The van der Waals surface area contributed by atoms with Crippen molar-refractivity contribution in [3.63, 3.8) is 0 Å². The zero-order chi connectivity index (χ0) is 9.26. The average Bonchev–Trinajstić information content (AvgIpc) is 2.48. The van der Waals surface area contributed by atoms with Gasteiger partial charge in [0.25, 0.3) is 0 Å². The number of fused-ring (bicyclic) bond motifs is 1. The zero-order valence-corrected chi connectivity index (χ0v) is 6.91. The van der Waals surface area contributed by atoms with E-state index in [-0.39, 0.29) is 0 Å². The van der Waals surface area contributed by atoms with Crippen molar-refractivity contribution in [1.82, 2.24) is 5.32 Å². The number of hydrogen-bond acceptors (Lipinski definition) is 1. The van der Waals surface area contributed by atoms with E-state index in [4.69, 9.17) is 0 Å². The van der Waals surface area contributed by atoms with Gasteiger partial charge in [-0.2, -0.15) is 0 Å². The van der Waals surface area contributed by atoms with Gasteiger partial charge in [0.05, 0.1) is 0 Å². The molecule has 1 aliphatic carbocycles. The van der Waals surface area contributed by atoms with Crippen LogP contribution in [-0.4, -0.2) is 6.09 Å². The summed E-state index contributed by atoms with van der Waals surface area (Å²) in [6.45, 7) is 0. The lowest BCUT2D eigenvalue weighted by Gasteiger charge is -2.02. The number of nitrogens with one attached hydrogen (secondary N) is 1. The van der Waals surface area contributed by atoms with E-state index < -0.39 is 6.09 Å². The van der Waals surface area contributed by atoms with E-state index in [0.717, 1.165) is 17.5 Å². The minimum atomic E-state index is -1.26. The minimum absolute atomic E-state index is 0.635. The highest BCUT2D eigenvalue weighted by molar-refractivity contribution is 5.83. The number of benzene rings is 1. The molecule has 1 aromatic carbocycles. The molecular formula is C10H8NO2. The Morgan fingerprint density at radius 3 is 2.85 bits per heavy atom. The van der Waals surface area contributed by atoms with Crippen LogP contribution in [0.4, 0.5) is 4.79 Å². The van der Waals surface area contributed by atoms with Crippen molar-refractivity contribution in [3.8, 4) is 0 Å². The lowest BCUT2D eigenvalue weighted by atomic mass is 10.1. The molecule has 3 nitrogen and oxygen atoms in total. The second-order valence-corrected chi connectivity index (χ2v) is 2.89. The molecule has 0 saturated carbocycles. The van der Waals surface area contributed by atoms with Crippen LogP contribution in [0.25, 0.3) is 5.70 Å². The first-order chi connectivity index (χ1) is 6.27. The molecular weight excluding hydrogens is 166 g/mol. The van der Waals surface area contributed by atoms with Crippen molar-refractivity contribution >= 4 is 11.8 Å². The van der Waals surface area contributed by atoms with Gasteiger partial charge in [0, 0.05) is 11.3 Å². The van der Waals surface area contributed by atoms with Crippen LogP contribution in [-0.2, 0) is 11.5 Å². The number of allylic oxidation sites excluding steroid dienone is 1. The first-order valence-corrected chi connectivity index (χ1v) is 4.04. The van der Waals surface area contributed by atoms with Crippen LogP contribution >= 0.6 is 0 Å². The van der Waals surface area contributed by atoms with Crippen molar-refractivity contribution in [2.45, 2.75) is 6.42 Å². The normalized spacial score (nSPS) is 13.4. The van der Waals surface area contributed by atoms with Gasteiger partial charge in [-0.3, -0.25) is 5.32 Å². The Morgan fingerprint density at radius 2 is 2.08 bits per heavy atom. The van der Waals surface area contributed by atoms with Gasteiger partial charge in [0.2, 0.25) is 0 Å². The number of carbonyl (C=O) groups excluding carboxylic acids is 1. The smallest absolute Gasteiger partial charge is 0.288 e. The SMILES string of the molecule is [O]C(=O)NC1=CCc2ccccc21. The molecule has 1 radical (unpaired) electrons. The predicted octanol–water partition coefficient (Wildman–Crippen LogP) is 1.72. The van der Waals surface area contributed by atoms with E-state index in [1.165, 1.54) is 0 Å². The Labute approximate surface area is 75.7 Å². The highest BCUT2D eigenvalue weighted by atomic mass is 16.4. The quantitative estimate of drug-likeness (QED) is 0.692. The Morgan fingerprint density at radius 1 is 1.31 bits per heavy atom. The summed E-state index contributed by atoms with van der Waals surface area (Å²) in [5.74, 6) is 0. The third-order valence-corrected chi connectivity index (χ3v) is 2.07. The minimum Gasteiger partial charge on any atom is -0.288 e. The summed E-state index contributed by atoms with van der Waals surface area (Å²) in [7, 11) is 0. The fourth-order valence-electron chi connectivity index (χ4n) is 1.51. The molecule has 0 spiro atoms. The molecule has 0 aromatic heterocycles. The molecule has 2 rings (SSSR count). The van der Waals surface area contributed by atoms with Crippen LogP contribution in [0.5, 0.6) is 0 Å².